The Morgan fingerprint density at radius 2 is 1.77 bits per heavy atom. The van der Waals surface area contributed by atoms with Crippen molar-refractivity contribution in [3.63, 3.8) is 0 Å². The molecule has 0 saturated carbocycles. The van der Waals surface area contributed by atoms with Crippen LogP contribution < -0.4 is 4.90 Å². The van der Waals surface area contributed by atoms with Gasteiger partial charge in [0, 0.05) is 18.0 Å². The molecule has 1 N–H and O–H groups in total. The number of nitrogens with zero attached hydrogens (tertiary/aromatic N) is 3. The standard InChI is InChI=1S/C24H17N3O3S/c1-14-7-8-17-18(13-14)31-24(26-17)27-20(15-9-11-25-12-10-15)19(22(29)23(27)30)21(28)16-5-3-2-4-6-16/h2-13,20,28H,1H3/b21-19+. The molecule has 1 fully saturated rings. The van der Waals surface area contributed by atoms with Crippen LogP contribution in [-0.2, 0) is 9.59 Å². The van der Waals surface area contributed by atoms with Crippen molar-refractivity contribution in [2.75, 3.05) is 4.90 Å². The highest BCUT2D eigenvalue weighted by molar-refractivity contribution is 7.22. The van der Waals surface area contributed by atoms with Crippen LogP contribution in [0, 0.1) is 6.92 Å². The predicted octanol–water partition coefficient (Wildman–Crippen LogP) is 4.63. The lowest BCUT2D eigenvalue weighted by Crippen LogP contribution is -2.29. The van der Waals surface area contributed by atoms with Gasteiger partial charge in [0.25, 0.3) is 5.78 Å². The molecule has 2 aromatic heterocycles. The molecule has 4 aromatic rings. The van der Waals surface area contributed by atoms with Gasteiger partial charge in [0.05, 0.1) is 21.8 Å². The van der Waals surface area contributed by atoms with E-state index in [1.165, 1.54) is 16.2 Å². The molecule has 0 spiro atoms. The number of carbonyl (C=O) groups is 2. The molecule has 31 heavy (non-hydrogen) atoms. The third-order valence-electron chi connectivity index (χ3n) is 5.25. The molecule has 1 aliphatic rings. The summed E-state index contributed by atoms with van der Waals surface area (Å²) in [4.78, 5) is 36.3. The maximum atomic E-state index is 13.2. The van der Waals surface area contributed by atoms with Gasteiger partial charge in [-0.2, -0.15) is 0 Å². The molecule has 1 amide bonds. The lowest BCUT2D eigenvalue weighted by molar-refractivity contribution is -0.132. The summed E-state index contributed by atoms with van der Waals surface area (Å²) in [6.07, 6.45) is 3.19. The molecule has 1 saturated heterocycles. The molecule has 3 heterocycles. The SMILES string of the molecule is Cc1ccc2nc(N3C(=O)C(=O)/C(=C(/O)c4ccccc4)C3c3ccncc3)sc2c1. The summed E-state index contributed by atoms with van der Waals surface area (Å²) < 4.78 is 0.924. The second-order valence-electron chi connectivity index (χ2n) is 7.28. The van der Waals surface area contributed by atoms with Gasteiger partial charge < -0.3 is 5.11 Å². The maximum absolute atomic E-state index is 13.2. The van der Waals surface area contributed by atoms with Crippen molar-refractivity contribution in [1.82, 2.24) is 9.97 Å². The van der Waals surface area contributed by atoms with Gasteiger partial charge in [0.1, 0.15) is 5.76 Å². The number of ketones is 1. The molecule has 1 atom stereocenters. The number of pyridine rings is 1. The third-order valence-corrected chi connectivity index (χ3v) is 6.27. The Labute approximate surface area is 182 Å². The maximum Gasteiger partial charge on any atom is 0.301 e. The molecule has 0 bridgehead atoms. The summed E-state index contributed by atoms with van der Waals surface area (Å²) in [7, 11) is 0. The molecule has 0 aliphatic carbocycles. The van der Waals surface area contributed by atoms with Gasteiger partial charge in [0.2, 0.25) is 0 Å². The molecule has 152 valence electrons. The van der Waals surface area contributed by atoms with Gasteiger partial charge in [-0.1, -0.05) is 47.7 Å². The molecule has 1 aliphatic heterocycles. The topological polar surface area (TPSA) is 83.4 Å². The predicted molar refractivity (Wildman–Crippen MR) is 120 cm³/mol. The number of anilines is 1. The summed E-state index contributed by atoms with van der Waals surface area (Å²) in [5.41, 5.74) is 3.02. The van der Waals surface area contributed by atoms with Crippen LogP contribution in [0.5, 0.6) is 0 Å². The number of rotatable bonds is 3. The van der Waals surface area contributed by atoms with Crippen molar-refractivity contribution in [2.45, 2.75) is 13.0 Å². The van der Waals surface area contributed by atoms with Gasteiger partial charge in [0.15, 0.2) is 5.13 Å². The van der Waals surface area contributed by atoms with E-state index in [-0.39, 0.29) is 11.3 Å². The molecular formula is C24H17N3O3S. The van der Waals surface area contributed by atoms with Crippen LogP contribution in [0.2, 0.25) is 0 Å². The van der Waals surface area contributed by atoms with Crippen molar-refractivity contribution in [2.24, 2.45) is 0 Å². The van der Waals surface area contributed by atoms with Crippen LogP contribution >= 0.6 is 11.3 Å². The fourth-order valence-electron chi connectivity index (χ4n) is 3.77. The van der Waals surface area contributed by atoms with E-state index < -0.39 is 17.7 Å². The minimum atomic E-state index is -0.801. The number of carbonyl (C=O) groups excluding carboxylic acids is 2. The minimum Gasteiger partial charge on any atom is -0.507 e. The van der Waals surface area contributed by atoms with Crippen LogP contribution in [0.3, 0.4) is 0 Å². The highest BCUT2D eigenvalue weighted by Gasteiger charge is 2.48. The number of aryl methyl sites for hydroxylation is 1. The number of aliphatic hydroxyl groups is 1. The van der Waals surface area contributed by atoms with E-state index >= 15 is 0 Å². The molecule has 2 aromatic carbocycles. The quantitative estimate of drug-likeness (QED) is 0.293. The number of hydrogen-bond donors (Lipinski definition) is 1. The monoisotopic (exact) mass is 427 g/mol. The van der Waals surface area contributed by atoms with Crippen LogP contribution in [0.25, 0.3) is 16.0 Å². The fourth-order valence-corrected chi connectivity index (χ4v) is 4.86. The van der Waals surface area contributed by atoms with Gasteiger partial charge in [-0.3, -0.25) is 19.5 Å². The summed E-state index contributed by atoms with van der Waals surface area (Å²) in [5.74, 6) is -1.66. The Morgan fingerprint density at radius 1 is 1.03 bits per heavy atom. The Morgan fingerprint density at radius 3 is 2.52 bits per heavy atom. The third kappa shape index (κ3) is 3.19. The van der Waals surface area contributed by atoms with Crippen LogP contribution in [-0.4, -0.2) is 26.8 Å². The second-order valence-corrected chi connectivity index (χ2v) is 8.29. The van der Waals surface area contributed by atoms with Crippen LogP contribution in [0.1, 0.15) is 22.7 Å². The average molecular weight is 427 g/mol. The van der Waals surface area contributed by atoms with Gasteiger partial charge in [-0.25, -0.2) is 4.98 Å². The number of amides is 1. The van der Waals surface area contributed by atoms with E-state index in [2.05, 4.69) is 9.97 Å². The summed E-state index contributed by atoms with van der Waals surface area (Å²) in [5, 5.41) is 11.4. The molecule has 6 nitrogen and oxygen atoms in total. The first kappa shape index (κ1) is 19.1. The Bertz CT molecular complexity index is 1350. The number of benzene rings is 2. The van der Waals surface area contributed by atoms with Crippen molar-refractivity contribution >= 4 is 44.1 Å². The van der Waals surface area contributed by atoms with E-state index in [0.717, 1.165) is 15.8 Å². The van der Waals surface area contributed by atoms with E-state index in [1.807, 2.05) is 31.2 Å². The number of aromatic nitrogens is 2. The molecule has 1 unspecified atom stereocenters. The molecular weight excluding hydrogens is 410 g/mol. The van der Waals surface area contributed by atoms with Gasteiger partial charge in [-0.15, -0.1) is 0 Å². The zero-order chi connectivity index (χ0) is 21.5. The zero-order valence-electron chi connectivity index (χ0n) is 16.5. The van der Waals surface area contributed by atoms with Crippen LogP contribution in [0.15, 0.2) is 78.6 Å². The van der Waals surface area contributed by atoms with Gasteiger partial charge >= 0.3 is 5.91 Å². The zero-order valence-corrected chi connectivity index (χ0v) is 17.3. The lowest BCUT2D eigenvalue weighted by atomic mass is 9.96. The number of aliphatic hydroxyl groups excluding tert-OH is 1. The van der Waals surface area contributed by atoms with Crippen molar-refractivity contribution < 1.29 is 14.7 Å². The number of Topliss-reactive ketones (excluding diaryl/α,β-unsaturated/α-hetero) is 1. The summed E-state index contributed by atoms with van der Waals surface area (Å²) in [6, 6.07) is 17.3. The highest BCUT2D eigenvalue weighted by Crippen LogP contribution is 2.44. The summed E-state index contributed by atoms with van der Waals surface area (Å²) in [6.45, 7) is 1.99. The van der Waals surface area contributed by atoms with E-state index in [0.29, 0.717) is 16.3 Å². The van der Waals surface area contributed by atoms with Gasteiger partial charge in [-0.05, 0) is 42.3 Å². The van der Waals surface area contributed by atoms with Crippen molar-refractivity contribution in [1.29, 1.82) is 0 Å². The molecule has 7 heteroatoms. The number of thiazole rings is 1. The molecule has 5 rings (SSSR count). The minimum absolute atomic E-state index is 0.0397. The second kappa shape index (κ2) is 7.45. The largest absolute Gasteiger partial charge is 0.507 e. The van der Waals surface area contributed by atoms with Crippen LogP contribution in [0.4, 0.5) is 5.13 Å². The first-order valence-electron chi connectivity index (χ1n) is 9.68. The summed E-state index contributed by atoms with van der Waals surface area (Å²) >= 11 is 1.34. The van der Waals surface area contributed by atoms with Crippen molar-refractivity contribution in [3.05, 3.63) is 95.3 Å². The van der Waals surface area contributed by atoms with E-state index in [4.69, 9.17) is 0 Å². The average Bonchev–Trinajstić information content (AvgIpc) is 3.32. The Hall–Kier alpha value is -3.84. The first-order chi connectivity index (χ1) is 15.0. The Kier molecular flexibility index (Phi) is 4.60. The highest BCUT2D eigenvalue weighted by atomic mass is 32.1. The number of hydrogen-bond acceptors (Lipinski definition) is 6. The van der Waals surface area contributed by atoms with E-state index in [9.17, 15) is 14.7 Å². The normalized spacial score (nSPS) is 18.1. The number of fused-ring (bicyclic) bond motifs is 1. The van der Waals surface area contributed by atoms with Crippen molar-refractivity contribution in [3.8, 4) is 0 Å². The lowest BCUT2D eigenvalue weighted by Gasteiger charge is -2.22. The molecule has 0 radical (unpaired) electrons. The first-order valence-corrected chi connectivity index (χ1v) is 10.5. The Balaban J connectivity index is 1.73. The van der Waals surface area contributed by atoms with E-state index in [1.54, 1.807) is 48.8 Å². The fraction of sp³-hybridized carbons (Fsp3) is 0.0833. The smallest absolute Gasteiger partial charge is 0.301 e.